The quantitative estimate of drug-likeness (QED) is 0.723. The zero-order valence-electron chi connectivity index (χ0n) is 9.51. The summed E-state index contributed by atoms with van der Waals surface area (Å²) in [6.45, 7) is 12.6. The van der Waals surface area contributed by atoms with Gasteiger partial charge in [-0.3, -0.25) is 4.90 Å². The van der Waals surface area contributed by atoms with Crippen LogP contribution in [0.25, 0.3) is 0 Å². The van der Waals surface area contributed by atoms with Crippen molar-refractivity contribution >= 4 is 0 Å². The van der Waals surface area contributed by atoms with E-state index in [0.29, 0.717) is 11.5 Å². The molecule has 1 heterocycles. The van der Waals surface area contributed by atoms with Crippen LogP contribution < -0.4 is 5.73 Å². The van der Waals surface area contributed by atoms with E-state index in [1.807, 2.05) is 0 Å². The van der Waals surface area contributed by atoms with Crippen LogP contribution in [0.2, 0.25) is 0 Å². The van der Waals surface area contributed by atoms with Crippen LogP contribution in [0, 0.1) is 11.3 Å². The van der Waals surface area contributed by atoms with Gasteiger partial charge >= 0.3 is 0 Å². The number of hydrogen-bond acceptors (Lipinski definition) is 2. The minimum atomic E-state index is 0.485. The van der Waals surface area contributed by atoms with E-state index >= 15 is 0 Å². The lowest BCUT2D eigenvalue weighted by atomic mass is 9.75. The average molecular weight is 184 g/mol. The van der Waals surface area contributed by atoms with Crippen molar-refractivity contribution in [3.05, 3.63) is 0 Å². The van der Waals surface area contributed by atoms with Crippen molar-refractivity contribution in [2.45, 2.75) is 40.2 Å². The van der Waals surface area contributed by atoms with Gasteiger partial charge in [0.25, 0.3) is 0 Å². The van der Waals surface area contributed by atoms with Crippen molar-refractivity contribution < 1.29 is 0 Å². The Labute approximate surface area is 82.5 Å². The topological polar surface area (TPSA) is 29.3 Å². The predicted octanol–water partition coefficient (Wildman–Crippen LogP) is 1.70. The molecule has 2 N–H and O–H groups in total. The van der Waals surface area contributed by atoms with Crippen LogP contribution in [0.4, 0.5) is 0 Å². The van der Waals surface area contributed by atoms with Crippen LogP contribution in [0.15, 0.2) is 0 Å². The highest BCUT2D eigenvalue weighted by molar-refractivity contribution is 4.90. The van der Waals surface area contributed by atoms with Gasteiger partial charge < -0.3 is 5.73 Å². The molecule has 0 radical (unpaired) electrons. The zero-order valence-corrected chi connectivity index (χ0v) is 9.51. The van der Waals surface area contributed by atoms with E-state index in [-0.39, 0.29) is 0 Å². The molecule has 0 saturated carbocycles. The van der Waals surface area contributed by atoms with Crippen LogP contribution in [0.5, 0.6) is 0 Å². The molecule has 1 saturated heterocycles. The fraction of sp³-hybridized carbons (Fsp3) is 1.00. The lowest BCUT2D eigenvalue weighted by Gasteiger charge is -2.49. The lowest BCUT2D eigenvalue weighted by molar-refractivity contribution is -0.00340. The molecule has 1 fully saturated rings. The summed E-state index contributed by atoms with van der Waals surface area (Å²) in [5, 5.41) is 0. The van der Waals surface area contributed by atoms with Gasteiger partial charge in [0.05, 0.1) is 0 Å². The molecule has 2 heteroatoms. The Morgan fingerprint density at radius 2 is 1.92 bits per heavy atom. The molecule has 1 aliphatic heterocycles. The fourth-order valence-corrected chi connectivity index (χ4v) is 1.84. The number of nitrogens with zero attached hydrogens (tertiary/aromatic N) is 1. The summed E-state index contributed by atoms with van der Waals surface area (Å²) in [6, 6.07) is 0.684. The van der Waals surface area contributed by atoms with Crippen molar-refractivity contribution in [1.29, 1.82) is 0 Å². The van der Waals surface area contributed by atoms with Crippen LogP contribution in [-0.2, 0) is 0 Å². The van der Waals surface area contributed by atoms with Gasteiger partial charge in [0.2, 0.25) is 0 Å². The summed E-state index contributed by atoms with van der Waals surface area (Å²) in [4.78, 5) is 2.54. The van der Waals surface area contributed by atoms with E-state index < -0.39 is 0 Å². The molecule has 0 spiro atoms. The van der Waals surface area contributed by atoms with Gasteiger partial charge in [-0.2, -0.15) is 0 Å². The first-order valence-electron chi connectivity index (χ1n) is 5.39. The summed E-state index contributed by atoms with van der Waals surface area (Å²) in [6.07, 6.45) is 1.14. The Bertz CT molecular complexity index is 154. The molecular weight excluding hydrogens is 160 g/mol. The number of rotatable bonds is 3. The van der Waals surface area contributed by atoms with Crippen LogP contribution in [-0.4, -0.2) is 30.6 Å². The summed E-state index contributed by atoms with van der Waals surface area (Å²) >= 11 is 0. The second-order valence-electron chi connectivity index (χ2n) is 5.44. The number of hydrogen-bond donors (Lipinski definition) is 1. The van der Waals surface area contributed by atoms with Crippen molar-refractivity contribution in [3.63, 3.8) is 0 Å². The molecule has 0 aromatic rings. The van der Waals surface area contributed by atoms with Gasteiger partial charge in [0, 0.05) is 19.1 Å². The van der Waals surface area contributed by atoms with Crippen molar-refractivity contribution in [1.82, 2.24) is 4.90 Å². The van der Waals surface area contributed by atoms with Gasteiger partial charge in [-0.25, -0.2) is 0 Å². The van der Waals surface area contributed by atoms with E-state index in [4.69, 9.17) is 5.73 Å². The normalized spacial score (nSPS) is 22.8. The first-order valence-corrected chi connectivity index (χ1v) is 5.39. The maximum Gasteiger partial charge on any atom is 0.00791 e. The molecule has 0 aromatic heterocycles. The number of likely N-dealkylation sites (tertiary alicyclic amines) is 1. The molecule has 1 unspecified atom stereocenters. The van der Waals surface area contributed by atoms with Crippen LogP contribution in [0.3, 0.4) is 0 Å². The molecule has 0 aliphatic carbocycles. The first-order chi connectivity index (χ1) is 5.95. The lowest BCUT2D eigenvalue weighted by Crippen LogP contribution is -2.55. The van der Waals surface area contributed by atoms with Crippen molar-refractivity contribution in [3.8, 4) is 0 Å². The van der Waals surface area contributed by atoms with E-state index in [1.165, 1.54) is 13.1 Å². The second-order valence-corrected chi connectivity index (χ2v) is 5.44. The Kier molecular flexibility index (Phi) is 3.36. The predicted molar refractivity (Wildman–Crippen MR) is 57.7 cm³/mol. The minimum Gasteiger partial charge on any atom is -0.330 e. The molecule has 0 bridgehead atoms. The molecule has 2 nitrogen and oxygen atoms in total. The highest BCUT2D eigenvalue weighted by Crippen LogP contribution is 2.34. The van der Waals surface area contributed by atoms with Crippen LogP contribution >= 0.6 is 0 Å². The number of nitrogens with two attached hydrogens (primary N) is 1. The SMILES string of the molecule is CC(CCN)N1CC(C(C)(C)C)C1. The summed E-state index contributed by atoms with van der Waals surface area (Å²) in [5.74, 6) is 0.882. The standard InChI is InChI=1S/C11H24N2/c1-9(5-6-12)13-7-10(8-13)11(2,3)4/h9-10H,5-8,12H2,1-4H3. The summed E-state index contributed by atoms with van der Waals surface area (Å²) < 4.78 is 0. The largest absolute Gasteiger partial charge is 0.330 e. The third-order valence-corrected chi connectivity index (χ3v) is 3.34. The van der Waals surface area contributed by atoms with Gasteiger partial charge in [-0.1, -0.05) is 20.8 Å². The second kappa shape index (κ2) is 3.97. The van der Waals surface area contributed by atoms with E-state index in [0.717, 1.165) is 18.9 Å². The highest BCUT2D eigenvalue weighted by atomic mass is 15.2. The van der Waals surface area contributed by atoms with Gasteiger partial charge in [-0.15, -0.1) is 0 Å². The average Bonchev–Trinajstić information content (AvgIpc) is 1.79. The molecule has 0 aromatic carbocycles. The minimum absolute atomic E-state index is 0.485. The Morgan fingerprint density at radius 3 is 2.31 bits per heavy atom. The molecule has 13 heavy (non-hydrogen) atoms. The third-order valence-electron chi connectivity index (χ3n) is 3.34. The smallest absolute Gasteiger partial charge is 0.00791 e. The maximum atomic E-state index is 5.54. The monoisotopic (exact) mass is 184 g/mol. The van der Waals surface area contributed by atoms with Gasteiger partial charge in [0.1, 0.15) is 0 Å². The van der Waals surface area contributed by atoms with Crippen molar-refractivity contribution in [2.75, 3.05) is 19.6 Å². The van der Waals surface area contributed by atoms with Gasteiger partial charge in [-0.05, 0) is 31.2 Å². The molecule has 0 amide bonds. The Balaban J connectivity index is 2.25. The van der Waals surface area contributed by atoms with E-state index in [1.54, 1.807) is 0 Å². The summed E-state index contributed by atoms with van der Waals surface area (Å²) in [5.41, 5.74) is 6.02. The maximum absolute atomic E-state index is 5.54. The molecule has 1 rings (SSSR count). The Morgan fingerprint density at radius 1 is 1.38 bits per heavy atom. The molecular formula is C11H24N2. The molecule has 1 atom stereocenters. The van der Waals surface area contributed by atoms with E-state index in [9.17, 15) is 0 Å². The van der Waals surface area contributed by atoms with E-state index in [2.05, 4.69) is 32.6 Å². The molecule has 78 valence electrons. The highest BCUT2D eigenvalue weighted by Gasteiger charge is 2.37. The first kappa shape index (κ1) is 11.0. The van der Waals surface area contributed by atoms with Crippen LogP contribution in [0.1, 0.15) is 34.1 Å². The van der Waals surface area contributed by atoms with Crippen molar-refractivity contribution in [2.24, 2.45) is 17.1 Å². The summed E-state index contributed by atoms with van der Waals surface area (Å²) in [7, 11) is 0. The fourth-order valence-electron chi connectivity index (χ4n) is 1.84. The van der Waals surface area contributed by atoms with Gasteiger partial charge in [0.15, 0.2) is 0 Å². The third kappa shape index (κ3) is 2.68. The zero-order chi connectivity index (χ0) is 10.1. The molecule has 1 aliphatic rings. The Hall–Kier alpha value is -0.0800.